The quantitative estimate of drug-likeness (QED) is 0.395. The molecule has 10 nitrogen and oxygen atoms in total. The summed E-state index contributed by atoms with van der Waals surface area (Å²) in [5.41, 5.74) is -3.38. The number of benzene rings is 2. The molecule has 10 heteroatoms. The molecule has 4 aromatic rings. The van der Waals surface area contributed by atoms with Crippen molar-refractivity contribution < 1.29 is 24.5 Å². The van der Waals surface area contributed by atoms with Gasteiger partial charge in [-0.15, -0.1) is 0 Å². The number of phenolic OH excluding ortho intramolecular Hbond substituents is 1. The topological polar surface area (TPSA) is 144 Å². The van der Waals surface area contributed by atoms with Crippen molar-refractivity contribution in [3.63, 3.8) is 0 Å². The zero-order chi connectivity index (χ0) is 24.0. The van der Waals surface area contributed by atoms with Crippen LogP contribution < -0.4 is 21.6 Å². The number of nitrogens with zero attached hydrogens (tertiary/aromatic N) is 2. The summed E-state index contributed by atoms with van der Waals surface area (Å²) in [5, 5.41) is 32.8. The molecule has 1 unspecified atom stereocenters. The Morgan fingerprint density at radius 1 is 0.939 bits per heavy atom. The van der Waals surface area contributed by atoms with Crippen LogP contribution in [0.2, 0.25) is 0 Å². The lowest BCUT2D eigenvalue weighted by Gasteiger charge is -2.22. The lowest BCUT2D eigenvalue weighted by atomic mass is 9.85. The van der Waals surface area contributed by atoms with Crippen LogP contribution >= 0.6 is 0 Å². The number of aromatic nitrogens is 2. The number of para-hydroxylation sites is 1. The summed E-state index contributed by atoms with van der Waals surface area (Å²) in [7, 11) is 3.85. The van der Waals surface area contributed by atoms with E-state index in [0.29, 0.717) is 5.75 Å². The van der Waals surface area contributed by atoms with Gasteiger partial charge in [-0.3, -0.25) is 13.9 Å². The lowest BCUT2D eigenvalue weighted by Crippen LogP contribution is -2.40. The van der Waals surface area contributed by atoms with Gasteiger partial charge in [-0.1, -0.05) is 18.2 Å². The van der Waals surface area contributed by atoms with Crippen molar-refractivity contribution in [1.29, 1.82) is 0 Å². The van der Waals surface area contributed by atoms with E-state index in [1.807, 2.05) is 0 Å². The maximum atomic E-state index is 13.1. The molecule has 33 heavy (non-hydrogen) atoms. The Morgan fingerprint density at radius 2 is 1.64 bits per heavy atom. The summed E-state index contributed by atoms with van der Waals surface area (Å²) in [4.78, 5) is 38.5. The van der Waals surface area contributed by atoms with Crippen LogP contribution in [0.3, 0.4) is 0 Å². The first-order valence-electron chi connectivity index (χ1n) is 9.77. The number of fused-ring (bicyclic) bond motifs is 1. The van der Waals surface area contributed by atoms with E-state index in [-0.39, 0.29) is 27.8 Å². The van der Waals surface area contributed by atoms with Gasteiger partial charge in [-0.25, -0.2) is 9.59 Å². The molecule has 0 radical (unpaired) electrons. The molecule has 0 spiro atoms. The van der Waals surface area contributed by atoms with E-state index in [4.69, 9.17) is 9.15 Å². The molecule has 2 heterocycles. The molecule has 1 atom stereocenters. The van der Waals surface area contributed by atoms with E-state index in [9.17, 15) is 29.7 Å². The standard InChI is InChI=1S/C23H20N2O8/c1-24-20(28)18(21(29)25(2)23(24)31)16(12-9-8-11(32-3)10-14(12)26)17-19(27)13-6-4-5-7-15(13)33-22(17)30/h4-10,16,26-28H,1-3H3. The second-order valence-electron chi connectivity index (χ2n) is 7.45. The molecule has 0 saturated heterocycles. The highest BCUT2D eigenvalue weighted by Gasteiger charge is 2.34. The Labute approximate surface area is 185 Å². The first-order valence-corrected chi connectivity index (χ1v) is 9.77. The number of ether oxygens (including phenoxy) is 1. The van der Waals surface area contributed by atoms with E-state index in [2.05, 4.69) is 0 Å². The molecule has 0 fully saturated rings. The summed E-state index contributed by atoms with van der Waals surface area (Å²) in [6.07, 6.45) is 0. The Balaban J connectivity index is 2.19. The minimum atomic E-state index is -1.48. The number of aromatic hydroxyl groups is 3. The third-order valence-electron chi connectivity index (χ3n) is 5.61. The molecule has 0 aliphatic rings. The van der Waals surface area contributed by atoms with Crippen LogP contribution in [-0.2, 0) is 14.1 Å². The highest BCUT2D eigenvalue weighted by atomic mass is 16.5. The molecule has 4 rings (SSSR count). The Bertz CT molecular complexity index is 1580. The van der Waals surface area contributed by atoms with Crippen molar-refractivity contribution in [2.75, 3.05) is 7.11 Å². The predicted molar refractivity (Wildman–Crippen MR) is 118 cm³/mol. The molecule has 2 aromatic carbocycles. The van der Waals surface area contributed by atoms with Crippen LogP contribution in [-0.4, -0.2) is 31.6 Å². The van der Waals surface area contributed by atoms with Crippen LogP contribution in [0.5, 0.6) is 23.1 Å². The summed E-state index contributed by atoms with van der Waals surface area (Å²) < 4.78 is 12.0. The fourth-order valence-corrected chi connectivity index (χ4v) is 3.86. The number of methoxy groups -OCH3 is 1. The number of hydrogen-bond donors (Lipinski definition) is 3. The van der Waals surface area contributed by atoms with Gasteiger partial charge in [0.1, 0.15) is 22.8 Å². The van der Waals surface area contributed by atoms with Gasteiger partial charge in [0.05, 0.1) is 29.5 Å². The van der Waals surface area contributed by atoms with E-state index in [1.54, 1.807) is 12.1 Å². The van der Waals surface area contributed by atoms with Crippen LogP contribution in [0.15, 0.2) is 61.3 Å². The van der Waals surface area contributed by atoms with Crippen molar-refractivity contribution in [1.82, 2.24) is 9.13 Å². The van der Waals surface area contributed by atoms with Crippen LogP contribution in [0.4, 0.5) is 0 Å². The van der Waals surface area contributed by atoms with Gasteiger partial charge in [0, 0.05) is 25.7 Å². The summed E-state index contributed by atoms with van der Waals surface area (Å²) in [6.45, 7) is 0. The van der Waals surface area contributed by atoms with E-state index in [1.165, 1.54) is 51.5 Å². The van der Waals surface area contributed by atoms with Crippen molar-refractivity contribution in [2.24, 2.45) is 14.1 Å². The highest BCUT2D eigenvalue weighted by Crippen LogP contribution is 2.43. The van der Waals surface area contributed by atoms with Gasteiger partial charge in [-0.2, -0.15) is 0 Å². The summed E-state index contributed by atoms with van der Waals surface area (Å²) in [6, 6.07) is 10.4. The first-order chi connectivity index (χ1) is 15.7. The second-order valence-corrected chi connectivity index (χ2v) is 7.45. The minimum Gasteiger partial charge on any atom is -0.507 e. The fourth-order valence-electron chi connectivity index (χ4n) is 3.86. The Morgan fingerprint density at radius 3 is 2.30 bits per heavy atom. The molecule has 3 N–H and O–H groups in total. The van der Waals surface area contributed by atoms with Gasteiger partial charge in [0.2, 0.25) is 5.88 Å². The summed E-state index contributed by atoms with van der Waals surface area (Å²) in [5.74, 6) is -2.78. The SMILES string of the molecule is COc1ccc(C(c2c(O)c3ccccc3oc2=O)c2c(O)n(C)c(=O)n(C)c2=O)c(O)c1. The van der Waals surface area contributed by atoms with Gasteiger partial charge in [-0.05, 0) is 18.2 Å². The van der Waals surface area contributed by atoms with Gasteiger partial charge < -0.3 is 24.5 Å². The number of phenols is 1. The van der Waals surface area contributed by atoms with Crippen molar-refractivity contribution in [2.45, 2.75) is 5.92 Å². The molecular weight excluding hydrogens is 432 g/mol. The molecule has 0 bridgehead atoms. The third kappa shape index (κ3) is 3.32. The average Bonchev–Trinajstić information content (AvgIpc) is 2.80. The second kappa shape index (κ2) is 7.90. The Hall–Kier alpha value is -4.47. The van der Waals surface area contributed by atoms with E-state index in [0.717, 1.165) is 9.13 Å². The van der Waals surface area contributed by atoms with E-state index < -0.39 is 40.0 Å². The monoisotopic (exact) mass is 452 g/mol. The third-order valence-corrected chi connectivity index (χ3v) is 5.61. The molecule has 2 aromatic heterocycles. The van der Waals surface area contributed by atoms with Gasteiger partial charge >= 0.3 is 11.3 Å². The largest absolute Gasteiger partial charge is 0.507 e. The van der Waals surface area contributed by atoms with Crippen molar-refractivity contribution in [3.05, 3.63) is 90.4 Å². The zero-order valence-electron chi connectivity index (χ0n) is 17.9. The molecule has 0 saturated carbocycles. The zero-order valence-corrected chi connectivity index (χ0v) is 17.9. The highest BCUT2D eigenvalue weighted by molar-refractivity contribution is 5.84. The molecule has 170 valence electrons. The number of hydrogen-bond acceptors (Lipinski definition) is 8. The normalized spacial score (nSPS) is 12.1. The fraction of sp³-hybridized carbons (Fsp3) is 0.174. The lowest BCUT2D eigenvalue weighted by molar-refractivity contribution is 0.396. The average molecular weight is 452 g/mol. The van der Waals surface area contributed by atoms with Gasteiger partial charge in [0.15, 0.2) is 0 Å². The van der Waals surface area contributed by atoms with Crippen LogP contribution in [0, 0.1) is 0 Å². The molecular formula is C23H20N2O8. The van der Waals surface area contributed by atoms with Gasteiger partial charge in [0.25, 0.3) is 5.56 Å². The molecule has 0 aliphatic carbocycles. The van der Waals surface area contributed by atoms with E-state index >= 15 is 0 Å². The minimum absolute atomic E-state index is 0.000250. The first kappa shape index (κ1) is 21.8. The van der Waals surface area contributed by atoms with Crippen molar-refractivity contribution >= 4 is 11.0 Å². The smallest absolute Gasteiger partial charge is 0.344 e. The van der Waals surface area contributed by atoms with Crippen LogP contribution in [0.1, 0.15) is 22.6 Å². The van der Waals surface area contributed by atoms with Crippen LogP contribution in [0.25, 0.3) is 11.0 Å². The maximum absolute atomic E-state index is 13.1. The summed E-state index contributed by atoms with van der Waals surface area (Å²) >= 11 is 0. The van der Waals surface area contributed by atoms with Crippen molar-refractivity contribution in [3.8, 4) is 23.1 Å². The molecule has 0 amide bonds. The Kier molecular flexibility index (Phi) is 5.21. The predicted octanol–water partition coefficient (Wildman–Crippen LogP) is 1.50. The molecule has 0 aliphatic heterocycles. The number of rotatable bonds is 4. The maximum Gasteiger partial charge on any atom is 0.344 e.